The van der Waals surface area contributed by atoms with Crippen LogP contribution in [0.15, 0.2) is 18.2 Å². The molecule has 1 atom stereocenters. The molecule has 0 radical (unpaired) electrons. The number of benzene rings is 1. The molecule has 1 aromatic rings. The van der Waals surface area contributed by atoms with Crippen molar-refractivity contribution in [2.75, 3.05) is 37.5 Å². The molecule has 1 aromatic carbocycles. The zero-order valence-electron chi connectivity index (χ0n) is 14.3. The van der Waals surface area contributed by atoms with Crippen LogP contribution in [0.3, 0.4) is 0 Å². The van der Waals surface area contributed by atoms with Gasteiger partial charge >= 0.3 is 12.6 Å². The molecule has 2 amide bonds. The van der Waals surface area contributed by atoms with Crippen LogP contribution >= 0.6 is 11.8 Å². The SMILES string of the molecule is CN(C)[C@@]1(CNC(=O)Nc2cc([N+](=O)[O-])ccc2OC(F)F)CCSC1. The molecule has 11 heteroatoms. The molecule has 0 bridgehead atoms. The number of anilines is 1. The van der Waals surface area contributed by atoms with Gasteiger partial charge in [0.1, 0.15) is 5.75 Å². The van der Waals surface area contributed by atoms with Crippen LogP contribution in [0.2, 0.25) is 0 Å². The summed E-state index contributed by atoms with van der Waals surface area (Å²) in [5, 5.41) is 15.9. The first-order chi connectivity index (χ1) is 12.2. The zero-order valence-corrected chi connectivity index (χ0v) is 15.1. The Morgan fingerprint density at radius 3 is 2.77 bits per heavy atom. The van der Waals surface area contributed by atoms with Crippen LogP contribution in [-0.4, -0.2) is 60.2 Å². The van der Waals surface area contributed by atoms with Crippen LogP contribution in [0.25, 0.3) is 0 Å². The molecular weight excluding hydrogens is 370 g/mol. The fourth-order valence-corrected chi connectivity index (χ4v) is 4.14. The lowest BCUT2D eigenvalue weighted by Crippen LogP contribution is -2.53. The molecule has 0 saturated carbocycles. The summed E-state index contributed by atoms with van der Waals surface area (Å²) in [4.78, 5) is 24.4. The number of ether oxygens (including phenoxy) is 1. The molecule has 1 aliphatic rings. The highest BCUT2D eigenvalue weighted by Crippen LogP contribution is 2.32. The molecule has 144 valence electrons. The molecule has 0 aliphatic carbocycles. The van der Waals surface area contributed by atoms with Gasteiger partial charge in [0.2, 0.25) is 0 Å². The van der Waals surface area contributed by atoms with Crippen LogP contribution in [0.5, 0.6) is 5.75 Å². The fraction of sp³-hybridized carbons (Fsp3) is 0.533. The van der Waals surface area contributed by atoms with Crippen molar-refractivity contribution in [3.63, 3.8) is 0 Å². The Morgan fingerprint density at radius 2 is 2.23 bits per heavy atom. The summed E-state index contributed by atoms with van der Waals surface area (Å²) in [5.41, 5.74) is -0.733. The Hall–Kier alpha value is -2.14. The van der Waals surface area contributed by atoms with Crippen LogP contribution in [0, 0.1) is 10.1 Å². The standard InChI is InChI=1S/C15H20F2N4O4S/c1-20(2)15(5-6-26-9-15)8-18-14(22)19-11-7-10(21(23)24)3-4-12(11)25-13(16)17/h3-4,7,13H,5-6,8-9H2,1-2H3,(H2,18,19,22)/t15-/m1/s1. The van der Waals surface area contributed by atoms with Gasteiger partial charge in [-0.1, -0.05) is 0 Å². The molecule has 0 spiro atoms. The number of halogens is 2. The van der Waals surface area contributed by atoms with Crippen molar-refractivity contribution >= 4 is 29.2 Å². The molecule has 26 heavy (non-hydrogen) atoms. The second-order valence-corrected chi connectivity index (χ2v) is 7.15. The predicted octanol–water partition coefficient (Wildman–Crippen LogP) is 2.76. The number of amides is 2. The van der Waals surface area contributed by atoms with Crippen LogP contribution in [-0.2, 0) is 0 Å². The number of alkyl halides is 2. The summed E-state index contributed by atoms with van der Waals surface area (Å²) >= 11 is 1.79. The van der Waals surface area contributed by atoms with Crippen molar-refractivity contribution in [2.24, 2.45) is 0 Å². The molecule has 1 saturated heterocycles. The summed E-state index contributed by atoms with van der Waals surface area (Å²) in [6, 6.07) is 2.37. The largest absolute Gasteiger partial charge is 0.433 e. The monoisotopic (exact) mass is 390 g/mol. The van der Waals surface area contributed by atoms with E-state index in [0.29, 0.717) is 6.54 Å². The highest BCUT2D eigenvalue weighted by Gasteiger charge is 2.36. The van der Waals surface area contributed by atoms with Gasteiger partial charge in [-0.05, 0) is 32.3 Å². The van der Waals surface area contributed by atoms with Gasteiger partial charge in [-0.3, -0.25) is 10.1 Å². The topological polar surface area (TPSA) is 96.7 Å². The van der Waals surface area contributed by atoms with Crippen molar-refractivity contribution in [3.05, 3.63) is 28.3 Å². The molecular formula is C15H20F2N4O4S. The number of nitrogens with one attached hydrogen (secondary N) is 2. The maximum atomic E-state index is 12.5. The molecule has 2 N–H and O–H groups in total. The van der Waals surface area contributed by atoms with E-state index in [-0.39, 0.29) is 22.7 Å². The summed E-state index contributed by atoms with van der Waals surface area (Å²) in [6.45, 7) is -2.76. The number of carbonyl (C=O) groups excluding carboxylic acids is 1. The molecule has 1 heterocycles. The lowest BCUT2D eigenvalue weighted by atomic mass is 9.97. The van der Waals surface area contributed by atoms with E-state index in [0.717, 1.165) is 36.1 Å². The zero-order chi connectivity index (χ0) is 19.3. The molecule has 1 fully saturated rings. The maximum absolute atomic E-state index is 12.5. The number of hydrogen-bond acceptors (Lipinski definition) is 6. The first kappa shape index (κ1) is 20.2. The van der Waals surface area contributed by atoms with Crippen molar-refractivity contribution in [2.45, 2.75) is 18.6 Å². The van der Waals surface area contributed by atoms with Gasteiger partial charge in [-0.2, -0.15) is 20.5 Å². The van der Waals surface area contributed by atoms with Crippen LogP contribution in [0.1, 0.15) is 6.42 Å². The third-order valence-electron chi connectivity index (χ3n) is 4.25. The van der Waals surface area contributed by atoms with Gasteiger partial charge in [0.05, 0.1) is 10.6 Å². The predicted molar refractivity (Wildman–Crippen MR) is 95.1 cm³/mol. The summed E-state index contributed by atoms with van der Waals surface area (Å²) in [5.74, 6) is 1.50. The van der Waals surface area contributed by atoms with Gasteiger partial charge in [-0.25, -0.2) is 4.79 Å². The molecule has 2 rings (SSSR count). The number of thioether (sulfide) groups is 1. The average Bonchev–Trinajstić information content (AvgIpc) is 3.04. The van der Waals surface area contributed by atoms with Crippen molar-refractivity contribution in [1.29, 1.82) is 0 Å². The number of carbonyl (C=O) groups is 1. The fourth-order valence-electron chi connectivity index (χ4n) is 2.59. The number of hydrogen-bond donors (Lipinski definition) is 2. The van der Waals surface area contributed by atoms with E-state index in [4.69, 9.17) is 0 Å². The van der Waals surface area contributed by atoms with Gasteiger partial charge < -0.3 is 20.3 Å². The highest BCUT2D eigenvalue weighted by atomic mass is 32.2. The lowest BCUT2D eigenvalue weighted by Gasteiger charge is -2.35. The van der Waals surface area contributed by atoms with Crippen molar-refractivity contribution in [3.8, 4) is 5.75 Å². The van der Waals surface area contributed by atoms with Crippen molar-refractivity contribution < 1.29 is 23.2 Å². The smallest absolute Gasteiger partial charge is 0.387 e. The van der Waals surface area contributed by atoms with Gasteiger partial charge in [0.15, 0.2) is 0 Å². The minimum atomic E-state index is -3.12. The van der Waals surface area contributed by atoms with E-state index >= 15 is 0 Å². The quantitative estimate of drug-likeness (QED) is 0.549. The van der Waals surface area contributed by atoms with Crippen LogP contribution < -0.4 is 15.4 Å². The number of rotatable bonds is 7. The first-order valence-corrected chi connectivity index (χ1v) is 8.92. The van der Waals surface area contributed by atoms with Gasteiger partial charge in [-0.15, -0.1) is 0 Å². The van der Waals surface area contributed by atoms with E-state index in [9.17, 15) is 23.7 Å². The lowest BCUT2D eigenvalue weighted by molar-refractivity contribution is -0.384. The van der Waals surface area contributed by atoms with E-state index < -0.39 is 17.6 Å². The van der Waals surface area contributed by atoms with E-state index in [2.05, 4.69) is 15.4 Å². The molecule has 0 aromatic heterocycles. The van der Waals surface area contributed by atoms with E-state index in [1.807, 2.05) is 19.0 Å². The molecule has 8 nitrogen and oxygen atoms in total. The van der Waals surface area contributed by atoms with Gasteiger partial charge in [0.25, 0.3) is 5.69 Å². The third kappa shape index (κ3) is 4.94. The van der Waals surface area contributed by atoms with E-state index in [1.54, 1.807) is 11.8 Å². The Kier molecular flexibility index (Phi) is 6.59. The van der Waals surface area contributed by atoms with Crippen molar-refractivity contribution in [1.82, 2.24) is 10.2 Å². The molecule has 0 unspecified atom stereocenters. The number of nitro groups is 1. The van der Waals surface area contributed by atoms with Gasteiger partial charge in [0, 0.05) is 30.0 Å². The third-order valence-corrected chi connectivity index (χ3v) is 5.48. The number of non-ortho nitro benzene ring substituents is 1. The summed E-state index contributed by atoms with van der Waals surface area (Å²) in [6.07, 6.45) is 0.904. The Morgan fingerprint density at radius 1 is 1.50 bits per heavy atom. The summed E-state index contributed by atoms with van der Waals surface area (Å²) in [7, 11) is 3.86. The second-order valence-electron chi connectivity index (χ2n) is 6.05. The number of nitrogens with zero attached hydrogens (tertiary/aromatic N) is 2. The second kappa shape index (κ2) is 8.49. The Balaban J connectivity index is 2.09. The highest BCUT2D eigenvalue weighted by molar-refractivity contribution is 7.99. The number of likely N-dealkylation sites (N-methyl/N-ethyl adjacent to an activating group) is 1. The number of nitro benzene ring substituents is 1. The summed E-state index contributed by atoms with van der Waals surface area (Å²) < 4.78 is 29.3. The minimum Gasteiger partial charge on any atom is -0.433 e. The molecule has 1 aliphatic heterocycles. The maximum Gasteiger partial charge on any atom is 0.387 e. The Bertz CT molecular complexity index is 669. The minimum absolute atomic E-state index is 0.188. The average molecular weight is 390 g/mol. The van der Waals surface area contributed by atoms with Crippen LogP contribution in [0.4, 0.5) is 25.0 Å². The Labute approximate surface area is 153 Å². The number of urea groups is 1. The first-order valence-electron chi connectivity index (χ1n) is 7.77. The normalized spacial score (nSPS) is 19.6. The van der Waals surface area contributed by atoms with E-state index in [1.165, 1.54) is 0 Å².